The molecule has 0 unspecified atom stereocenters. The third-order valence-electron chi connectivity index (χ3n) is 2.57. The summed E-state index contributed by atoms with van der Waals surface area (Å²) >= 11 is 11.0. The Balaban J connectivity index is 2.19. The average Bonchev–Trinajstić information content (AvgIpc) is 2.83. The molecule has 2 aromatic heterocycles. The maximum absolute atomic E-state index is 6.15. The van der Waals surface area contributed by atoms with E-state index in [1.807, 2.05) is 36.7 Å². The summed E-state index contributed by atoms with van der Waals surface area (Å²) in [5, 5.41) is 6.24. The van der Waals surface area contributed by atoms with Gasteiger partial charge in [0.25, 0.3) is 0 Å². The first kappa shape index (κ1) is 12.9. The van der Waals surface area contributed by atoms with Crippen LogP contribution in [0.2, 0.25) is 5.15 Å². The third kappa shape index (κ3) is 2.48. The summed E-state index contributed by atoms with van der Waals surface area (Å²) in [6.07, 6.45) is 3.74. The zero-order valence-electron chi connectivity index (χ0n) is 9.84. The predicted octanol–water partition coefficient (Wildman–Crippen LogP) is 3.95. The van der Waals surface area contributed by atoms with Crippen molar-refractivity contribution in [2.24, 2.45) is 0 Å². The minimum absolute atomic E-state index is 0.426. The lowest BCUT2D eigenvalue weighted by Crippen LogP contribution is -1.94. The first-order valence-electron chi connectivity index (χ1n) is 5.40. The second kappa shape index (κ2) is 5.11. The van der Waals surface area contributed by atoms with Crippen molar-refractivity contribution in [1.82, 2.24) is 19.7 Å². The molecule has 3 aromatic rings. The van der Waals surface area contributed by atoms with Gasteiger partial charge in [-0.3, -0.25) is 0 Å². The highest BCUT2D eigenvalue weighted by Gasteiger charge is 2.10. The smallest absolute Gasteiger partial charge is 0.190 e. The van der Waals surface area contributed by atoms with E-state index in [4.69, 9.17) is 11.6 Å². The molecular formula is C12H8BrClN4S. The topological polar surface area (TPSA) is 43.6 Å². The van der Waals surface area contributed by atoms with Crippen molar-refractivity contribution < 1.29 is 0 Å². The fraction of sp³-hybridized carbons (Fsp3) is 0.0833. The second-order valence-corrected chi connectivity index (χ2v) is 5.84. The highest BCUT2D eigenvalue weighted by atomic mass is 79.9. The molecule has 0 saturated carbocycles. The van der Waals surface area contributed by atoms with Gasteiger partial charge in [0.1, 0.15) is 5.15 Å². The number of hydrogen-bond acceptors (Lipinski definition) is 4. The predicted molar refractivity (Wildman–Crippen MR) is 81.2 cm³/mol. The molecular weight excluding hydrogens is 348 g/mol. The van der Waals surface area contributed by atoms with Crippen LogP contribution in [0.15, 0.2) is 40.1 Å². The SMILES string of the molecule is CSc1nc(Cl)c2cn(-c3cccc(Br)c3)nc2n1. The van der Waals surface area contributed by atoms with E-state index in [1.165, 1.54) is 11.8 Å². The molecule has 0 spiro atoms. The normalized spacial score (nSPS) is 11.1. The Morgan fingerprint density at radius 1 is 1.32 bits per heavy atom. The Kier molecular flexibility index (Phi) is 3.47. The van der Waals surface area contributed by atoms with Crippen molar-refractivity contribution in [3.63, 3.8) is 0 Å². The number of thioether (sulfide) groups is 1. The summed E-state index contributed by atoms with van der Waals surface area (Å²) in [4.78, 5) is 8.55. The number of nitrogens with zero attached hydrogens (tertiary/aromatic N) is 4. The number of rotatable bonds is 2. The van der Waals surface area contributed by atoms with Crippen LogP contribution in [0, 0.1) is 0 Å². The Labute approximate surface area is 127 Å². The maximum atomic E-state index is 6.15. The van der Waals surface area contributed by atoms with Crippen LogP contribution in [0.3, 0.4) is 0 Å². The second-order valence-electron chi connectivity index (χ2n) is 3.79. The molecule has 0 atom stereocenters. The highest BCUT2D eigenvalue weighted by Crippen LogP contribution is 2.24. The van der Waals surface area contributed by atoms with Crippen molar-refractivity contribution >= 4 is 50.3 Å². The average molecular weight is 356 g/mol. The maximum Gasteiger partial charge on any atom is 0.190 e. The monoisotopic (exact) mass is 354 g/mol. The molecule has 7 heteroatoms. The summed E-state index contributed by atoms with van der Waals surface area (Å²) in [6.45, 7) is 0. The van der Waals surface area contributed by atoms with Gasteiger partial charge in [0.2, 0.25) is 0 Å². The van der Waals surface area contributed by atoms with Gasteiger partial charge in [-0.15, -0.1) is 5.10 Å². The summed E-state index contributed by atoms with van der Waals surface area (Å²) in [5.41, 5.74) is 1.54. The van der Waals surface area contributed by atoms with E-state index < -0.39 is 0 Å². The van der Waals surface area contributed by atoms with Crippen LogP contribution in [0.25, 0.3) is 16.7 Å². The summed E-state index contributed by atoms with van der Waals surface area (Å²) in [5.74, 6) is 0. The first-order valence-corrected chi connectivity index (χ1v) is 7.80. The molecule has 0 amide bonds. The Hall–Kier alpha value is -1.11. The summed E-state index contributed by atoms with van der Waals surface area (Å²) in [7, 11) is 0. The van der Waals surface area contributed by atoms with E-state index in [1.54, 1.807) is 4.68 Å². The van der Waals surface area contributed by atoms with E-state index in [-0.39, 0.29) is 0 Å². The van der Waals surface area contributed by atoms with Crippen molar-refractivity contribution in [2.45, 2.75) is 5.16 Å². The number of aromatic nitrogens is 4. The number of benzene rings is 1. The lowest BCUT2D eigenvalue weighted by molar-refractivity contribution is 0.880. The van der Waals surface area contributed by atoms with Crippen LogP contribution in [0.4, 0.5) is 0 Å². The van der Waals surface area contributed by atoms with E-state index in [2.05, 4.69) is 31.0 Å². The third-order valence-corrected chi connectivity index (χ3v) is 3.90. The van der Waals surface area contributed by atoms with Crippen molar-refractivity contribution in [1.29, 1.82) is 0 Å². The van der Waals surface area contributed by atoms with Crippen molar-refractivity contribution in [3.05, 3.63) is 40.1 Å². The molecule has 0 aliphatic rings. The molecule has 1 aromatic carbocycles. The van der Waals surface area contributed by atoms with Gasteiger partial charge >= 0.3 is 0 Å². The van der Waals surface area contributed by atoms with Gasteiger partial charge in [0.15, 0.2) is 10.8 Å². The van der Waals surface area contributed by atoms with E-state index >= 15 is 0 Å². The molecule has 0 aliphatic heterocycles. The Morgan fingerprint density at radius 3 is 2.89 bits per heavy atom. The lowest BCUT2D eigenvalue weighted by atomic mass is 10.3. The minimum atomic E-state index is 0.426. The number of halogens is 2. The van der Waals surface area contributed by atoms with Crippen LogP contribution in [0.5, 0.6) is 0 Å². The zero-order chi connectivity index (χ0) is 13.4. The lowest BCUT2D eigenvalue weighted by Gasteiger charge is -2.00. The molecule has 19 heavy (non-hydrogen) atoms. The molecule has 2 heterocycles. The largest absolute Gasteiger partial charge is 0.238 e. The fourth-order valence-electron chi connectivity index (χ4n) is 1.69. The highest BCUT2D eigenvalue weighted by molar-refractivity contribution is 9.10. The van der Waals surface area contributed by atoms with Crippen LogP contribution in [-0.4, -0.2) is 26.0 Å². The van der Waals surface area contributed by atoms with Gasteiger partial charge in [0.05, 0.1) is 11.1 Å². The molecule has 4 nitrogen and oxygen atoms in total. The summed E-state index contributed by atoms with van der Waals surface area (Å²) in [6, 6.07) is 7.86. The van der Waals surface area contributed by atoms with E-state index in [9.17, 15) is 0 Å². The van der Waals surface area contributed by atoms with Crippen molar-refractivity contribution in [2.75, 3.05) is 6.26 Å². The molecule has 0 aliphatic carbocycles. The summed E-state index contributed by atoms with van der Waals surface area (Å²) < 4.78 is 2.74. The van der Waals surface area contributed by atoms with Crippen molar-refractivity contribution in [3.8, 4) is 5.69 Å². The van der Waals surface area contributed by atoms with Gasteiger partial charge in [-0.05, 0) is 24.5 Å². The molecule has 3 rings (SSSR count). The van der Waals surface area contributed by atoms with Crippen LogP contribution in [-0.2, 0) is 0 Å². The van der Waals surface area contributed by atoms with Crippen LogP contribution < -0.4 is 0 Å². The van der Waals surface area contributed by atoms with Gasteiger partial charge < -0.3 is 0 Å². The van der Waals surface area contributed by atoms with E-state index in [0.29, 0.717) is 16.0 Å². The standard InChI is InChI=1S/C12H8BrClN4S/c1-19-12-15-10(14)9-6-18(17-11(9)16-12)8-4-2-3-7(13)5-8/h2-6H,1H3. The molecule has 0 radical (unpaired) electrons. The van der Waals surface area contributed by atoms with Gasteiger partial charge in [0, 0.05) is 10.7 Å². The molecule has 0 N–H and O–H groups in total. The first-order chi connectivity index (χ1) is 9.17. The zero-order valence-corrected chi connectivity index (χ0v) is 13.0. The molecule has 0 saturated heterocycles. The van der Waals surface area contributed by atoms with E-state index in [0.717, 1.165) is 15.5 Å². The quantitative estimate of drug-likeness (QED) is 0.396. The number of hydrogen-bond donors (Lipinski definition) is 0. The number of fused-ring (bicyclic) bond motifs is 1. The fourth-order valence-corrected chi connectivity index (χ4v) is 2.71. The Bertz CT molecular complexity index is 759. The minimum Gasteiger partial charge on any atom is -0.238 e. The van der Waals surface area contributed by atoms with Gasteiger partial charge in [-0.25, -0.2) is 14.6 Å². The van der Waals surface area contributed by atoms with Crippen LogP contribution in [0.1, 0.15) is 0 Å². The van der Waals surface area contributed by atoms with Gasteiger partial charge in [-0.2, -0.15) is 0 Å². The Morgan fingerprint density at radius 2 is 2.16 bits per heavy atom. The van der Waals surface area contributed by atoms with Gasteiger partial charge in [-0.1, -0.05) is 45.4 Å². The molecule has 0 bridgehead atoms. The molecule has 0 fully saturated rings. The molecule has 96 valence electrons. The van der Waals surface area contributed by atoms with Crippen LogP contribution >= 0.6 is 39.3 Å².